The number of aryl methyl sites for hydroxylation is 1. The lowest BCUT2D eigenvalue weighted by atomic mass is 9.84. The van der Waals surface area contributed by atoms with Crippen molar-refractivity contribution in [3.63, 3.8) is 0 Å². The molecule has 1 saturated carbocycles. The first kappa shape index (κ1) is 15.6. The Hall–Kier alpha value is -0.820. The molecule has 0 bridgehead atoms. The Kier molecular flexibility index (Phi) is 5.26. The van der Waals surface area contributed by atoms with E-state index in [4.69, 9.17) is 0 Å². The zero-order chi connectivity index (χ0) is 14.6. The Balaban J connectivity index is 1.87. The van der Waals surface area contributed by atoms with Crippen LogP contribution in [0.1, 0.15) is 57.6 Å². The number of hydrogen-bond donors (Lipinski definition) is 1. The molecule has 1 heteroatoms. The molecule has 0 aromatic heterocycles. The van der Waals surface area contributed by atoms with Gasteiger partial charge >= 0.3 is 0 Å². The Bertz CT molecular complexity index is 395. The van der Waals surface area contributed by atoms with Crippen molar-refractivity contribution in [2.45, 2.75) is 65.8 Å². The fourth-order valence-corrected chi connectivity index (χ4v) is 2.59. The summed E-state index contributed by atoms with van der Waals surface area (Å²) in [7, 11) is 0. The van der Waals surface area contributed by atoms with E-state index >= 15 is 0 Å². The summed E-state index contributed by atoms with van der Waals surface area (Å²) in [6, 6.07) is 9.91. The first-order valence-electron chi connectivity index (χ1n) is 8.21. The normalized spacial score (nSPS) is 17.2. The van der Waals surface area contributed by atoms with E-state index in [0.29, 0.717) is 5.41 Å². The average molecular weight is 273 g/mol. The van der Waals surface area contributed by atoms with Crippen molar-refractivity contribution in [2.24, 2.45) is 11.3 Å². The van der Waals surface area contributed by atoms with E-state index in [0.717, 1.165) is 12.0 Å². The van der Waals surface area contributed by atoms with E-state index < -0.39 is 0 Å². The van der Waals surface area contributed by atoms with Crippen LogP contribution in [0.25, 0.3) is 0 Å². The van der Waals surface area contributed by atoms with Crippen LogP contribution in [-0.4, -0.2) is 12.6 Å². The third-order valence-corrected chi connectivity index (χ3v) is 4.22. The van der Waals surface area contributed by atoms with Gasteiger partial charge in [-0.05, 0) is 62.5 Å². The summed E-state index contributed by atoms with van der Waals surface area (Å²) in [6.07, 6.45) is 6.64. The Morgan fingerprint density at radius 3 is 2.35 bits per heavy atom. The monoisotopic (exact) mass is 273 g/mol. The Morgan fingerprint density at radius 1 is 1.15 bits per heavy atom. The predicted molar refractivity (Wildman–Crippen MR) is 88.1 cm³/mol. The molecule has 1 aromatic rings. The summed E-state index contributed by atoms with van der Waals surface area (Å²) in [4.78, 5) is 0. The number of hydrogen-bond acceptors (Lipinski definition) is 1. The van der Waals surface area contributed by atoms with Crippen LogP contribution in [0.2, 0.25) is 0 Å². The molecule has 0 heterocycles. The van der Waals surface area contributed by atoms with Gasteiger partial charge in [-0.15, -0.1) is 0 Å². The number of nitrogens with one attached hydrogen (secondary N) is 1. The molecule has 0 saturated heterocycles. The molecule has 1 fully saturated rings. The van der Waals surface area contributed by atoms with Crippen LogP contribution in [0.15, 0.2) is 24.3 Å². The van der Waals surface area contributed by atoms with E-state index in [1.807, 2.05) is 0 Å². The summed E-state index contributed by atoms with van der Waals surface area (Å²) >= 11 is 0. The molecule has 0 radical (unpaired) electrons. The summed E-state index contributed by atoms with van der Waals surface area (Å²) in [5, 5.41) is 3.72. The predicted octanol–water partition coefficient (Wildman–Crippen LogP) is 4.73. The molecular weight excluding hydrogens is 242 g/mol. The molecular formula is C19H31N. The largest absolute Gasteiger partial charge is 0.314 e. The Morgan fingerprint density at radius 2 is 1.80 bits per heavy atom. The van der Waals surface area contributed by atoms with E-state index in [1.165, 1.54) is 49.8 Å². The molecule has 1 nitrogen and oxygen atoms in total. The van der Waals surface area contributed by atoms with Crippen molar-refractivity contribution in [1.82, 2.24) is 5.32 Å². The Labute approximate surface area is 125 Å². The van der Waals surface area contributed by atoms with Gasteiger partial charge in [-0.1, -0.05) is 50.6 Å². The average Bonchev–Trinajstić information content (AvgIpc) is 3.18. The van der Waals surface area contributed by atoms with Gasteiger partial charge in [0, 0.05) is 6.04 Å². The quantitative estimate of drug-likeness (QED) is 0.757. The van der Waals surface area contributed by atoms with Crippen LogP contribution in [0.4, 0.5) is 0 Å². The lowest BCUT2D eigenvalue weighted by Crippen LogP contribution is -2.27. The van der Waals surface area contributed by atoms with Gasteiger partial charge in [-0.25, -0.2) is 0 Å². The van der Waals surface area contributed by atoms with Crippen LogP contribution in [0, 0.1) is 18.3 Å². The van der Waals surface area contributed by atoms with Crippen molar-refractivity contribution in [3.05, 3.63) is 35.4 Å². The topological polar surface area (TPSA) is 12.0 Å². The van der Waals surface area contributed by atoms with Crippen molar-refractivity contribution in [3.8, 4) is 0 Å². The van der Waals surface area contributed by atoms with Gasteiger partial charge in [-0.2, -0.15) is 0 Å². The SMILES string of the molecule is Cc1ccc(CC(CCC(C)(C)C)CNC2CC2)cc1. The highest BCUT2D eigenvalue weighted by Gasteiger charge is 2.22. The zero-order valence-electron chi connectivity index (χ0n) is 13.7. The fraction of sp³-hybridized carbons (Fsp3) is 0.684. The fourth-order valence-electron chi connectivity index (χ4n) is 2.59. The van der Waals surface area contributed by atoms with Crippen molar-refractivity contribution in [2.75, 3.05) is 6.54 Å². The molecule has 2 rings (SSSR count). The minimum absolute atomic E-state index is 0.450. The summed E-state index contributed by atoms with van der Waals surface area (Å²) in [6.45, 7) is 10.4. The summed E-state index contributed by atoms with van der Waals surface area (Å²) < 4.78 is 0. The number of benzene rings is 1. The maximum absolute atomic E-state index is 3.72. The van der Waals surface area contributed by atoms with E-state index in [-0.39, 0.29) is 0 Å². The van der Waals surface area contributed by atoms with Crippen molar-refractivity contribution < 1.29 is 0 Å². The molecule has 0 amide bonds. The number of rotatable bonds is 7. The molecule has 1 aliphatic rings. The van der Waals surface area contributed by atoms with E-state index in [9.17, 15) is 0 Å². The van der Waals surface area contributed by atoms with Crippen LogP contribution in [-0.2, 0) is 6.42 Å². The van der Waals surface area contributed by atoms with Gasteiger partial charge in [0.2, 0.25) is 0 Å². The van der Waals surface area contributed by atoms with E-state index in [1.54, 1.807) is 0 Å². The van der Waals surface area contributed by atoms with E-state index in [2.05, 4.69) is 57.3 Å². The second-order valence-electron chi connectivity index (χ2n) is 7.84. The van der Waals surface area contributed by atoms with Gasteiger partial charge in [0.05, 0.1) is 0 Å². The molecule has 1 atom stereocenters. The van der Waals surface area contributed by atoms with Gasteiger partial charge in [0.25, 0.3) is 0 Å². The van der Waals surface area contributed by atoms with Crippen molar-refractivity contribution in [1.29, 1.82) is 0 Å². The van der Waals surface area contributed by atoms with Gasteiger partial charge in [-0.3, -0.25) is 0 Å². The third-order valence-electron chi connectivity index (χ3n) is 4.22. The highest BCUT2D eigenvalue weighted by Crippen LogP contribution is 2.26. The highest BCUT2D eigenvalue weighted by molar-refractivity contribution is 5.21. The van der Waals surface area contributed by atoms with Crippen LogP contribution in [0.3, 0.4) is 0 Å². The second-order valence-corrected chi connectivity index (χ2v) is 7.84. The second kappa shape index (κ2) is 6.76. The van der Waals surface area contributed by atoms with Crippen LogP contribution < -0.4 is 5.32 Å². The maximum Gasteiger partial charge on any atom is 0.00683 e. The van der Waals surface area contributed by atoms with Gasteiger partial charge in [0.1, 0.15) is 0 Å². The molecule has 0 aliphatic heterocycles. The lowest BCUT2D eigenvalue weighted by molar-refractivity contribution is 0.313. The summed E-state index contributed by atoms with van der Waals surface area (Å²) in [5.74, 6) is 0.775. The zero-order valence-corrected chi connectivity index (χ0v) is 13.7. The van der Waals surface area contributed by atoms with Crippen molar-refractivity contribution >= 4 is 0 Å². The lowest BCUT2D eigenvalue weighted by Gasteiger charge is -2.24. The molecule has 112 valence electrons. The van der Waals surface area contributed by atoms with Gasteiger partial charge in [0.15, 0.2) is 0 Å². The summed E-state index contributed by atoms with van der Waals surface area (Å²) in [5.41, 5.74) is 3.30. The maximum atomic E-state index is 3.72. The molecule has 1 N–H and O–H groups in total. The van der Waals surface area contributed by atoms with Crippen LogP contribution in [0.5, 0.6) is 0 Å². The first-order chi connectivity index (χ1) is 9.42. The minimum atomic E-state index is 0.450. The molecule has 1 aromatic carbocycles. The van der Waals surface area contributed by atoms with Crippen LogP contribution >= 0.6 is 0 Å². The first-order valence-corrected chi connectivity index (χ1v) is 8.21. The standard InChI is InChI=1S/C19H31N/c1-15-5-7-16(8-6-15)13-17(11-12-19(2,3)4)14-20-18-9-10-18/h5-8,17-18,20H,9-14H2,1-4H3. The highest BCUT2D eigenvalue weighted by atomic mass is 14.9. The third kappa shape index (κ3) is 6.09. The molecule has 1 aliphatic carbocycles. The van der Waals surface area contributed by atoms with Gasteiger partial charge < -0.3 is 5.32 Å². The molecule has 0 spiro atoms. The molecule has 20 heavy (non-hydrogen) atoms. The minimum Gasteiger partial charge on any atom is -0.314 e. The smallest absolute Gasteiger partial charge is 0.00683 e. The molecule has 1 unspecified atom stereocenters.